The zero-order chi connectivity index (χ0) is 108. The number of benzene rings is 5. The molecule has 792 valence electrons. The Morgan fingerprint density at radius 3 is 1.06 bits per heavy atom. The normalized spacial score (nSPS) is 10.9. The third-order valence-corrected chi connectivity index (χ3v) is 25.1. The maximum atomic E-state index is 11.7. The lowest BCUT2D eigenvalue weighted by Crippen LogP contribution is -2.30. The van der Waals surface area contributed by atoms with E-state index < -0.39 is 8.07 Å². The summed E-state index contributed by atoms with van der Waals surface area (Å²) in [4.78, 5) is 65.4. The summed E-state index contributed by atoms with van der Waals surface area (Å²) in [6.45, 7) is 106. The van der Waals surface area contributed by atoms with Gasteiger partial charge in [-0.3, -0.25) is 28.8 Å². The Bertz CT molecular complexity index is 3920. The number of aliphatic hydroxyl groups is 1. The molecule has 13 heteroatoms. The number of rotatable bonds is 36. The Balaban J connectivity index is -0.000000146. The average molecular weight is 1940 g/mol. The van der Waals surface area contributed by atoms with E-state index in [1.54, 1.807) is 26.8 Å². The molecule has 1 aliphatic carbocycles. The largest absolute Gasteiger partial charge is 0.465 e. The van der Waals surface area contributed by atoms with Gasteiger partial charge < -0.3 is 28.8 Å². The van der Waals surface area contributed by atoms with Gasteiger partial charge >= 0.3 is 29.8 Å². The van der Waals surface area contributed by atoms with Crippen LogP contribution in [0.2, 0.25) is 24.7 Å². The quantitative estimate of drug-likeness (QED) is 0.0101. The zero-order valence-corrected chi connectivity index (χ0v) is 97.1. The van der Waals surface area contributed by atoms with Crippen molar-refractivity contribution in [3.05, 3.63) is 247 Å². The molecule has 5 aromatic rings. The van der Waals surface area contributed by atoms with Gasteiger partial charge in [-0.1, -0.05) is 473 Å². The summed E-state index contributed by atoms with van der Waals surface area (Å²) in [5.41, 5.74) is 20.3. The van der Waals surface area contributed by atoms with E-state index >= 15 is 0 Å². The van der Waals surface area contributed by atoms with E-state index in [1.807, 2.05) is 156 Å². The number of hydrogen-bond donors (Lipinski definition) is 1. The lowest BCUT2D eigenvalue weighted by Gasteiger charge is -2.28. The molecule has 138 heavy (non-hydrogen) atoms. The third kappa shape index (κ3) is 92.4. The van der Waals surface area contributed by atoms with E-state index in [2.05, 4.69) is 308 Å². The Morgan fingerprint density at radius 1 is 0.406 bits per heavy atom. The van der Waals surface area contributed by atoms with Gasteiger partial charge in [0, 0.05) is 22.0 Å². The van der Waals surface area contributed by atoms with Crippen molar-refractivity contribution in [1.29, 1.82) is 0 Å². The molecule has 0 radical (unpaired) electrons. The van der Waals surface area contributed by atoms with Crippen molar-refractivity contribution in [3.8, 4) is 11.1 Å². The molecule has 0 unspecified atom stereocenters. The summed E-state index contributed by atoms with van der Waals surface area (Å²) in [7, 11) is -0.844. The van der Waals surface area contributed by atoms with Crippen LogP contribution in [0.4, 0.5) is 0 Å². The van der Waals surface area contributed by atoms with Gasteiger partial charge in [-0.2, -0.15) is 0 Å². The number of fused-ring (bicyclic) bond motifs is 3. The maximum absolute atomic E-state index is 11.7. The Kier molecular flexibility index (Phi) is 95.3. The lowest BCUT2D eigenvalue weighted by molar-refractivity contribution is -0.149. The Hall–Kier alpha value is -8.66. The highest BCUT2D eigenvalue weighted by molar-refractivity contribution is 6.78. The molecule has 0 atom stereocenters. The molecular weight excluding hydrogens is 1720 g/mol. The number of esters is 5. The van der Waals surface area contributed by atoms with Crippen LogP contribution in [0.15, 0.2) is 213 Å². The molecule has 0 saturated heterocycles. The molecule has 6 rings (SSSR count). The van der Waals surface area contributed by atoms with Crippen LogP contribution in [0, 0.1) is 107 Å². The Labute approximate surface area is 856 Å². The van der Waals surface area contributed by atoms with Crippen LogP contribution >= 0.6 is 0 Å². The van der Waals surface area contributed by atoms with Gasteiger partial charge in [-0.25, -0.2) is 0 Å². The summed E-state index contributed by atoms with van der Waals surface area (Å²) >= 11 is 0. The topological polar surface area (TPSA) is 169 Å². The SMILES string of the molecule is C=C=CC(C=C=C)C(=C=C)C(C)C.C=CCC(C)C.C=CCOC(=O)C(C)C.CC(=O)C(C)C.CC(C)C.CC(C)C(=O)OCC1c2ccccc2-c2ccccc21.CC(C)C(=O)OCc1ccccc1.CC(C)CC(C)C.CC(C)CCCCOC(=O)C(C)C.CC(C)COC(=O)C(C)C.CC(C)C[Si](C)(C)C(C)C.CC(C)Cc1ccc(CO)cc1.CC(C)Cc1ccccc1.CCC(C)C.[HH].[HH].[HH]. The molecule has 5 aromatic carbocycles. The highest BCUT2D eigenvalue weighted by Crippen LogP contribution is 2.44. The van der Waals surface area contributed by atoms with Gasteiger partial charge in [0.05, 0.1) is 57.5 Å². The number of aliphatic hydroxyl groups excluding tert-OH is 1. The van der Waals surface area contributed by atoms with Crippen LogP contribution in [0.25, 0.3) is 11.1 Å². The van der Waals surface area contributed by atoms with E-state index in [1.165, 1.54) is 65.1 Å². The minimum absolute atomic E-state index is 0. The van der Waals surface area contributed by atoms with E-state index in [9.17, 15) is 28.8 Å². The van der Waals surface area contributed by atoms with Crippen LogP contribution in [0.5, 0.6) is 0 Å². The first-order chi connectivity index (χ1) is 64.2. The second-order valence-electron chi connectivity index (χ2n) is 42.9. The first-order valence-corrected chi connectivity index (χ1v) is 55.1. The van der Waals surface area contributed by atoms with Crippen molar-refractivity contribution in [1.82, 2.24) is 0 Å². The van der Waals surface area contributed by atoms with Crippen molar-refractivity contribution in [3.63, 3.8) is 0 Å². The summed E-state index contributed by atoms with van der Waals surface area (Å²) in [6.07, 6.45) is 16.7. The van der Waals surface area contributed by atoms with Crippen LogP contribution in [0.1, 0.15) is 352 Å². The minimum Gasteiger partial charge on any atom is -0.465 e. The van der Waals surface area contributed by atoms with Crippen molar-refractivity contribution in [2.75, 3.05) is 26.4 Å². The van der Waals surface area contributed by atoms with Gasteiger partial charge in [0.25, 0.3) is 0 Å². The van der Waals surface area contributed by atoms with E-state index in [0.717, 1.165) is 95.3 Å². The van der Waals surface area contributed by atoms with Crippen molar-refractivity contribution in [2.45, 2.75) is 365 Å². The zero-order valence-electron chi connectivity index (χ0n) is 96.1. The summed E-state index contributed by atoms with van der Waals surface area (Å²) in [6, 6.07) is 46.6. The molecular formula is C125H216O12Si. The standard InChI is InChI=1S/C18H18O2.C13H16.C11H14O2.C11H22O2.C11H16O.C10H14.C9H22Si.C8H16O2.C7H12O2.C7H16.C6H12.C5H10O.C5H12.C4H10.3H2/c1-12(2)18(19)20-11-17-15-9-5-3-7-13(15)14-8-4-6-10-16(14)17;1-6-9-12(10-7-2)13(8-3)11(4)5;1-9(2)11(12)13-8-10-6-4-3-5-7-10;1-9(2)7-5-6-8-13-11(12)10(3)4;1-9(2)7-10-3-5-11(8-12)6-4-10;1-9(2)8-10-6-4-3-5-7-10;1-8(2)7-10(5,6)9(3)4;1-6(2)5-10-8(9)7(3)4;1-4-5-9-7(8)6(2)3;1-6(2)5-7(3)4;1-4-5-6(2)3;1-4(2)5(3)6;1-4-5(2)3;1-4(2)3;;;/h3-10,12,17H,11H2,1-2H3;9-12H,1-3H2,4-5H3;3-7,9H,8H2,1-2H3;9-10H,5-8H2,1-4H3;3-6,9,12H,7-8H2,1-2H3;3-7,9H,8H2,1-2H3;8-9H,7H2,1-6H3;6-7H,5H2,1-4H3;4,6H,1,5H2,2-3H3;6-7H,5H2,1-4H3;4,6H,1,5H2,2-3H3;4H,1-3H3;5H,4H2,1-3H3;4H,1-3H3;3*1H. The highest BCUT2D eigenvalue weighted by atomic mass is 28.3. The summed E-state index contributed by atoms with van der Waals surface area (Å²) < 4.78 is 25.2. The van der Waals surface area contributed by atoms with Gasteiger partial charge in [0.15, 0.2) is 0 Å². The smallest absolute Gasteiger partial charge is 0.308 e. The average Bonchev–Trinajstić information content (AvgIpc) is 1.61. The number of hydrogen-bond acceptors (Lipinski definition) is 12. The molecule has 0 heterocycles. The first kappa shape index (κ1) is 145. The lowest BCUT2D eigenvalue weighted by atomic mass is 9.90. The minimum atomic E-state index is -0.844. The van der Waals surface area contributed by atoms with Crippen LogP contribution in [-0.2, 0) is 78.5 Å². The fourth-order valence-electron chi connectivity index (χ4n) is 11.5. The second-order valence-corrected chi connectivity index (χ2v) is 48.5. The van der Waals surface area contributed by atoms with E-state index in [-0.39, 0.29) is 93.9 Å². The Morgan fingerprint density at radius 2 is 0.768 bits per heavy atom. The number of carbonyl (C=O) groups excluding carboxylic acids is 6. The van der Waals surface area contributed by atoms with Gasteiger partial charge in [0.2, 0.25) is 0 Å². The van der Waals surface area contributed by atoms with E-state index in [0.29, 0.717) is 50.8 Å². The van der Waals surface area contributed by atoms with Crippen molar-refractivity contribution in [2.24, 2.45) is 107 Å². The number of carbonyl (C=O) groups is 6. The van der Waals surface area contributed by atoms with Gasteiger partial charge in [0.1, 0.15) is 25.6 Å². The fourth-order valence-corrected chi connectivity index (χ4v) is 14.1. The van der Waals surface area contributed by atoms with Crippen LogP contribution < -0.4 is 0 Å². The van der Waals surface area contributed by atoms with Crippen LogP contribution in [0.3, 0.4) is 0 Å². The fraction of sp³-hybridized carbons (Fsp3) is 0.608. The molecule has 0 saturated carbocycles. The van der Waals surface area contributed by atoms with Crippen molar-refractivity contribution >= 4 is 43.7 Å². The number of ketones is 1. The molecule has 1 aliphatic rings. The predicted molar refractivity (Wildman–Crippen MR) is 610 cm³/mol. The molecule has 0 amide bonds. The van der Waals surface area contributed by atoms with E-state index in [4.69, 9.17) is 28.8 Å². The molecule has 0 aromatic heterocycles. The molecule has 0 fully saturated rings. The summed E-state index contributed by atoms with van der Waals surface area (Å²) in [5.74, 6) is 8.16. The maximum Gasteiger partial charge on any atom is 0.308 e. The first-order valence-electron chi connectivity index (χ1n) is 51.8. The highest BCUT2D eigenvalue weighted by Gasteiger charge is 2.30. The number of allylic oxidation sites excluding steroid dienone is 4. The molecule has 12 nitrogen and oxygen atoms in total. The monoisotopic (exact) mass is 1940 g/mol. The van der Waals surface area contributed by atoms with Gasteiger partial charge in [-0.15, -0.1) is 23.8 Å². The molecule has 0 aliphatic heterocycles. The molecule has 0 bridgehead atoms. The second kappa shape index (κ2) is 90.9. The predicted octanol–water partition coefficient (Wildman–Crippen LogP) is 35.9. The number of unbranched alkanes of at least 4 members (excludes halogenated alkanes) is 1. The summed E-state index contributed by atoms with van der Waals surface area (Å²) in [5, 5.41) is 8.81. The van der Waals surface area contributed by atoms with Gasteiger partial charge in [-0.05, 0) is 173 Å². The molecule has 1 N–H and O–H groups in total. The van der Waals surface area contributed by atoms with Crippen molar-refractivity contribution < 1.29 is 61.8 Å². The van der Waals surface area contributed by atoms with Crippen LogP contribution in [-0.4, -0.2) is 75.2 Å². The number of Topliss-reactive ketones (excluding diaryl/α,β-unsaturated/α-hetero) is 1. The third-order valence-electron chi connectivity index (χ3n) is 20.1. The molecule has 0 spiro atoms. The number of ether oxygens (including phenoxy) is 5.